The minimum atomic E-state index is -0.000556. The van der Waals surface area contributed by atoms with Crippen LogP contribution < -0.4 is 5.73 Å². The van der Waals surface area contributed by atoms with E-state index in [-0.39, 0.29) is 16.5 Å². The van der Waals surface area contributed by atoms with Crippen LogP contribution in [0.2, 0.25) is 10.0 Å². The molecule has 1 aromatic carbocycles. The molecule has 0 aliphatic carbocycles. The number of hydrogen-bond acceptors (Lipinski definition) is 2. The highest BCUT2D eigenvalue weighted by Gasteiger charge is 2.09. The predicted octanol–water partition coefficient (Wildman–Crippen LogP) is 2.59. The van der Waals surface area contributed by atoms with Crippen LogP contribution >= 0.6 is 23.2 Å². The molecule has 3 N–H and O–H groups in total. The van der Waals surface area contributed by atoms with E-state index in [0.717, 1.165) is 0 Å². The van der Waals surface area contributed by atoms with Gasteiger partial charge in [-0.1, -0.05) is 23.2 Å². The summed E-state index contributed by atoms with van der Waals surface area (Å²) in [5.74, 6) is -0.000556. The van der Waals surface area contributed by atoms with Crippen molar-refractivity contribution >= 4 is 28.9 Å². The van der Waals surface area contributed by atoms with Crippen LogP contribution in [-0.4, -0.2) is 5.11 Å². The van der Waals surface area contributed by atoms with Gasteiger partial charge >= 0.3 is 0 Å². The van der Waals surface area contributed by atoms with Crippen molar-refractivity contribution in [3.8, 4) is 5.75 Å². The zero-order valence-corrected chi connectivity index (χ0v) is 7.37. The summed E-state index contributed by atoms with van der Waals surface area (Å²) < 4.78 is 0. The van der Waals surface area contributed by atoms with Crippen LogP contribution in [0.1, 0.15) is 5.56 Å². The highest BCUT2D eigenvalue weighted by Crippen LogP contribution is 2.37. The summed E-state index contributed by atoms with van der Waals surface area (Å²) >= 11 is 11.3. The number of phenolic OH excluding ortho intramolecular Hbond substituents is 1. The van der Waals surface area contributed by atoms with Crippen molar-refractivity contribution in [3.63, 3.8) is 0 Å². The van der Waals surface area contributed by atoms with Gasteiger partial charge in [0.1, 0.15) is 5.75 Å². The summed E-state index contributed by atoms with van der Waals surface area (Å²) in [6.07, 6.45) is 0. The van der Waals surface area contributed by atoms with Crippen molar-refractivity contribution < 1.29 is 5.11 Å². The lowest BCUT2D eigenvalue weighted by Gasteiger charge is -2.05. The number of rotatable bonds is 0. The molecule has 0 heterocycles. The number of hydrogen-bond donors (Lipinski definition) is 2. The summed E-state index contributed by atoms with van der Waals surface area (Å²) in [5.41, 5.74) is 6.18. The molecule has 0 saturated carbocycles. The van der Waals surface area contributed by atoms with Crippen molar-refractivity contribution in [3.05, 3.63) is 21.7 Å². The van der Waals surface area contributed by atoms with Crippen LogP contribution in [-0.2, 0) is 0 Å². The third kappa shape index (κ3) is 1.37. The van der Waals surface area contributed by atoms with Gasteiger partial charge in [0, 0.05) is 0 Å². The van der Waals surface area contributed by atoms with E-state index >= 15 is 0 Å². The standard InChI is InChI=1S/C7H7Cl2NO/c1-3-2-4(8)5(9)6(10)7(3)11/h2,11H,10H2,1H3. The lowest BCUT2D eigenvalue weighted by atomic mass is 10.2. The Kier molecular flexibility index (Phi) is 2.16. The molecule has 0 bridgehead atoms. The van der Waals surface area contributed by atoms with E-state index in [1.54, 1.807) is 13.0 Å². The average molecular weight is 192 g/mol. The Hall–Kier alpha value is -0.600. The molecule has 11 heavy (non-hydrogen) atoms. The fourth-order valence-corrected chi connectivity index (χ4v) is 1.18. The molecule has 0 spiro atoms. The average Bonchev–Trinajstić information content (AvgIpc) is 1.97. The summed E-state index contributed by atoms with van der Waals surface area (Å²) in [6.45, 7) is 1.70. The van der Waals surface area contributed by atoms with Gasteiger partial charge in [0.15, 0.2) is 0 Å². The van der Waals surface area contributed by atoms with E-state index in [1.165, 1.54) is 0 Å². The molecule has 0 atom stereocenters. The molecule has 0 fully saturated rings. The minimum absolute atomic E-state index is 0.000556. The highest BCUT2D eigenvalue weighted by atomic mass is 35.5. The number of halogens is 2. The Morgan fingerprint density at radius 3 is 2.55 bits per heavy atom. The molecule has 0 aliphatic rings. The van der Waals surface area contributed by atoms with Crippen molar-refractivity contribution in [2.45, 2.75) is 6.92 Å². The van der Waals surface area contributed by atoms with Crippen LogP contribution in [0.4, 0.5) is 5.69 Å². The third-order valence-electron chi connectivity index (χ3n) is 1.42. The first kappa shape index (κ1) is 8.50. The number of nitrogen functional groups attached to an aromatic ring is 1. The molecule has 0 amide bonds. The topological polar surface area (TPSA) is 46.2 Å². The van der Waals surface area contributed by atoms with Crippen LogP contribution in [0.15, 0.2) is 6.07 Å². The van der Waals surface area contributed by atoms with E-state index in [4.69, 9.17) is 28.9 Å². The van der Waals surface area contributed by atoms with Crippen LogP contribution in [0.25, 0.3) is 0 Å². The molecule has 2 nitrogen and oxygen atoms in total. The van der Waals surface area contributed by atoms with Crippen molar-refractivity contribution in [2.75, 3.05) is 5.73 Å². The van der Waals surface area contributed by atoms with Gasteiger partial charge in [-0.15, -0.1) is 0 Å². The van der Waals surface area contributed by atoms with Crippen LogP contribution in [0.5, 0.6) is 5.75 Å². The SMILES string of the molecule is Cc1cc(Cl)c(Cl)c(N)c1O. The van der Waals surface area contributed by atoms with Crippen molar-refractivity contribution in [1.82, 2.24) is 0 Å². The first-order chi connectivity index (χ1) is 5.04. The molecule has 1 aromatic rings. The Bertz CT molecular complexity index is 273. The van der Waals surface area contributed by atoms with E-state index in [1.807, 2.05) is 0 Å². The highest BCUT2D eigenvalue weighted by molar-refractivity contribution is 6.43. The van der Waals surface area contributed by atoms with Gasteiger partial charge in [-0.2, -0.15) is 0 Å². The predicted molar refractivity (Wildman–Crippen MR) is 47.3 cm³/mol. The second kappa shape index (κ2) is 2.80. The molecular formula is C7H7Cl2NO. The Balaban J connectivity index is 3.46. The maximum atomic E-state index is 9.24. The summed E-state index contributed by atoms with van der Waals surface area (Å²) in [7, 11) is 0. The second-order valence-electron chi connectivity index (χ2n) is 2.25. The van der Waals surface area contributed by atoms with Gasteiger partial charge in [-0.05, 0) is 18.6 Å². The Labute approximate surface area is 74.5 Å². The zero-order valence-electron chi connectivity index (χ0n) is 5.86. The molecule has 0 aliphatic heterocycles. The molecule has 0 aromatic heterocycles. The van der Waals surface area contributed by atoms with Gasteiger partial charge < -0.3 is 10.8 Å². The Morgan fingerprint density at radius 2 is 2.00 bits per heavy atom. The van der Waals surface area contributed by atoms with E-state index in [0.29, 0.717) is 10.6 Å². The fraction of sp³-hybridized carbons (Fsp3) is 0.143. The molecule has 4 heteroatoms. The zero-order chi connectivity index (χ0) is 8.59. The largest absolute Gasteiger partial charge is 0.505 e. The number of aryl methyl sites for hydroxylation is 1. The van der Waals surface area contributed by atoms with Crippen molar-refractivity contribution in [1.29, 1.82) is 0 Å². The lowest BCUT2D eigenvalue weighted by molar-refractivity contribution is 0.474. The van der Waals surface area contributed by atoms with Gasteiger partial charge in [0.25, 0.3) is 0 Å². The quantitative estimate of drug-likeness (QED) is 0.490. The van der Waals surface area contributed by atoms with E-state index in [9.17, 15) is 5.11 Å². The van der Waals surface area contributed by atoms with Crippen molar-refractivity contribution in [2.24, 2.45) is 0 Å². The first-order valence-corrected chi connectivity index (χ1v) is 3.72. The normalized spacial score (nSPS) is 10.1. The molecule has 0 radical (unpaired) electrons. The molecule has 0 saturated heterocycles. The number of phenols is 1. The number of benzene rings is 1. The minimum Gasteiger partial charge on any atom is -0.505 e. The van der Waals surface area contributed by atoms with Gasteiger partial charge in [0.2, 0.25) is 0 Å². The molecule has 1 rings (SSSR count). The Morgan fingerprint density at radius 1 is 1.45 bits per heavy atom. The van der Waals surface area contributed by atoms with Gasteiger partial charge in [-0.25, -0.2) is 0 Å². The second-order valence-corrected chi connectivity index (χ2v) is 3.04. The monoisotopic (exact) mass is 191 g/mol. The maximum Gasteiger partial charge on any atom is 0.143 e. The molecule has 60 valence electrons. The maximum absolute atomic E-state index is 9.24. The summed E-state index contributed by atoms with van der Waals surface area (Å²) in [6, 6.07) is 1.57. The number of nitrogens with two attached hydrogens (primary N) is 1. The molecule has 0 unspecified atom stereocenters. The molecular weight excluding hydrogens is 185 g/mol. The van der Waals surface area contributed by atoms with Crippen LogP contribution in [0, 0.1) is 6.92 Å². The van der Waals surface area contributed by atoms with Gasteiger partial charge in [0.05, 0.1) is 15.7 Å². The van der Waals surface area contributed by atoms with E-state index in [2.05, 4.69) is 0 Å². The number of anilines is 1. The smallest absolute Gasteiger partial charge is 0.143 e. The van der Waals surface area contributed by atoms with Crippen LogP contribution in [0.3, 0.4) is 0 Å². The summed E-state index contributed by atoms with van der Waals surface area (Å²) in [4.78, 5) is 0. The summed E-state index contributed by atoms with van der Waals surface area (Å²) in [5, 5.41) is 9.81. The fourth-order valence-electron chi connectivity index (χ4n) is 0.767. The third-order valence-corrected chi connectivity index (χ3v) is 2.22. The van der Waals surface area contributed by atoms with E-state index < -0.39 is 0 Å². The lowest BCUT2D eigenvalue weighted by Crippen LogP contribution is -1.89. The van der Waals surface area contributed by atoms with Gasteiger partial charge in [-0.3, -0.25) is 0 Å². The number of aromatic hydroxyl groups is 1. The first-order valence-electron chi connectivity index (χ1n) is 2.97.